The third-order valence-corrected chi connectivity index (χ3v) is 3.55. The Morgan fingerprint density at radius 1 is 1.39 bits per heavy atom. The van der Waals surface area contributed by atoms with Crippen molar-refractivity contribution >= 4 is 5.65 Å². The molecule has 0 aliphatic carbocycles. The Hall–Kier alpha value is -1.39. The lowest BCUT2D eigenvalue weighted by Crippen LogP contribution is -2.21. The molecule has 1 aliphatic heterocycles. The average Bonchev–Trinajstić information content (AvgIpc) is 2.82. The van der Waals surface area contributed by atoms with Gasteiger partial charge in [-0.2, -0.15) is 0 Å². The number of hydrogen-bond acceptors (Lipinski definition) is 3. The number of nitrogens with zero attached hydrogens (tertiary/aromatic N) is 2. The van der Waals surface area contributed by atoms with E-state index in [1.807, 2.05) is 18.2 Å². The fourth-order valence-electron chi connectivity index (χ4n) is 2.58. The molecule has 2 aromatic heterocycles. The van der Waals surface area contributed by atoms with Gasteiger partial charge in [-0.3, -0.25) is 0 Å². The van der Waals surface area contributed by atoms with E-state index >= 15 is 0 Å². The van der Waals surface area contributed by atoms with Gasteiger partial charge in [0.15, 0.2) is 0 Å². The van der Waals surface area contributed by atoms with Crippen LogP contribution >= 0.6 is 0 Å². The monoisotopic (exact) mass is 245 g/mol. The number of nitrogens with two attached hydrogens (primary N) is 1. The molecule has 3 heterocycles. The number of rotatable bonds is 3. The molecule has 1 unspecified atom stereocenters. The molecule has 0 aromatic carbocycles. The van der Waals surface area contributed by atoms with Crippen molar-refractivity contribution in [2.45, 2.75) is 38.3 Å². The Bertz CT molecular complexity index is 529. The van der Waals surface area contributed by atoms with Gasteiger partial charge in [0.25, 0.3) is 0 Å². The summed E-state index contributed by atoms with van der Waals surface area (Å²) in [4.78, 5) is 4.64. The molecule has 0 saturated carbocycles. The third kappa shape index (κ3) is 2.26. The van der Waals surface area contributed by atoms with Crippen LogP contribution in [0.15, 0.2) is 24.4 Å². The Morgan fingerprint density at radius 2 is 2.33 bits per heavy atom. The van der Waals surface area contributed by atoms with E-state index in [0.29, 0.717) is 12.6 Å². The summed E-state index contributed by atoms with van der Waals surface area (Å²) >= 11 is 0. The highest BCUT2D eigenvalue weighted by Gasteiger charge is 2.16. The summed E-state index contributed by atoms with van der Waals surface area (Å²) in [5.41, 5.74) is 8.90. The second-order valence-corrected chi connectivity index (χ2v) is 4.87. The summed E-state index contributed by atoms with van der Waals surface area (Å²) < 4.78 is 7.84. The minimum absolute atomic E-state index is 0.338. The SMILES string of the molecule is NCc1cccc2nc(CC3CCCCO3)cn12. The first-order valence-electron chi connectivity index (χ1n) is 6.64. The van der Waals surface area contributed by atoms with Gasteiger partial charge in [-0.15, -0.1) is 0 Å². The highest BCUT2D eigenvalue weighted by molar-refractivity contribution is 5.42. The predicted octanol–water partition coefficient (Wildman–Crippen LogP) is 1.90. The van der Waals surface area contributed by atoms with Gasteiger partial charge in [0.1, 0.15) is 5.65 Å². The first kappa shape index (κ1) is 11.7. The smallest absolute Gasteiger partial charge is 0.137 e. The second-order valence-electron chi connectivity index (χ2n) is 4.87. The number of pyridine rings is 1. The van der Waals surface area contributed by atoms with E-state index in [9.17, 15) is 0 Å². The van der Waals surface area contributed by atoms with Crippen molar-refractivity contribution in [3.05, 3.63) is 35.8 Å². The molecule has 4 heteroatoms. The molecule has 0 amide bonds. The van der Waals surface area contributed by atoms with E-state index in [-0.39, 0.29) is 0 Å². The summed E-state index contributed by atoms with van der Waals surface area (Å²) in [6, 6.07) is 6.06. The molecule has 2 N–H and O–H groups in total. The van der Waals surface area contributed by atoms with Gasteiger partial charge in [0.05, 0.1) is 11.8 Å². The lowest BCUT2D eigenvalue weighted by molar-refractivity contribution is 0.0163. The second kappa shape index (κ2) is 5.08. The number of aromatic nitrogens is 2. The predicted molar refractivity (Wildman–Crippen MR) is 70.4 cm³/mol. The number of imidazole rings is 1. The van der Waals surface area contributed by atoms with E-state index in [2.05, 4.69) is 15.6 Å². The third-order valence-electron chi connectivity index (χ3n) is 3.55. The first-order chi connectivity index (χ1) is 8.86. The van der Waals surface area contributed by atoms with Crippen LogP contribution in [-0.4, -0.2) is 22.1 Å². The number of fused-ring (bicyclic) bond motifs is 1. The van der Waals surface area contributed by atoms with Crippen LogP contribution in [0.4, 0.5) is 0 Å². The van der Waals surface area contributed by atoms with E-state index in [1.165, 1.54) is 12.8 Å². The van der Waals surface area contributed by atoms with Crippen LogP contribution in [0.3, 0.4) is 0 Å². The topological polar surface area (TPSA) is 52.5 Å². The largest absolute Gasteiger partial charge is 0.378 e. The van der Waals surface area contributed by atoms with Crippen molar-refractivity contribution in [2.75, 3.05) is 6.61 Å². The molecule has 0 bridgehead atoms. The fraction of sp³-hybridized carbons (Fsp3) is 0.500. The Labute approximate surface area is 107 Å². The lowest BCUT2D eigenvalue weighted by atomic mass is 10.1. The maximum atomic E-state index is 5.76. The van der Waals surface area contributed by atoms with Crippen LogP contribution in [0, 0.1) is 0 Å². The van der Waals surface area contributed by atoms with Gasteiger partial charge >= 0.3 is 0 Å². The van der Waals surface area contributed by atoms with Crippen LogP contribution in [0.5, 0.6) is 0 Å². The lowest BCUT2D eigenvalue weighted by Gasteiger charge is -2.21. The zero-order chi connectivity index (χ0) is 12.4. The molecule has 4 nitrogen and oxygen atoms in total. The van der Waals surface area contributed by atoms with E-state index in [0.717, 1.165) is 36.5 Å². The molecule has 1 fully saturated rings. The van der Waals surface area contributed by atoms with Gasteiger partial charge in [0, 0.05) is 31.5 Å². The number of hydrogen-bond donors (Lipinski definition) is 1. The Kier molecular flexibility index (Phi) is 3.30. The van der Waals surface area contributed by atoms with E-state index in [1.54, 1.807) is 0 Å². The molecule has 96 valence electrons. The van der Waals surface area contributed by atoms with Crippen LogP contribution in [-0.2, 0) is 17.7 Å². The highest BCUT2D eigenvalue weighted by Crippen LogP contribution is 2.18. The van der Waals surface area contributed by atoms with Crippen molar-refractivity contribution < 1.29 is 4.74 Å². The highest BCUT2D eigenvalue weighted by atomic mass is 16.5. The number of ether oxygens (including phenoxy) is 1. The van der Waals surface area contributed by atoms with E-state index in [4.69, 9.17) is 10.5 Å². The van der Waals surface area contributed by atoms with Crippen molar-refractivity contribution in [3.8, 4) is 0 Å². The quantitative estimate of drug-likeness (QED) is 0.898. The van der Waals surface area contributed by atoms with Crippen LogP contribution < -0.4 is 5.73 Å². The normalized spacial score (nSPS) is 20.4. The van der Waals surface area contributed by atoms with Gasteiger partial charge in [-0.1, -0.05) is 6.07 Å². The fourth-order valence-corrected chi connectivity index (χ4v) is 2.58. The molecular weight excluding hydrogens is 226 g/mol. The molecular formula is C14H19N3O. The zero-order valence-corrected chi connectivity index (χ0v) is 10.5. The molecule has 1 saturated heterocycles. The first-order valence-corrected chi connectivity index (χ1v) is 6.64. The van der Waals surface area contributed by atoms with Gasteiger partial charge in [-0.05, 0) is 31.4 Å². The molecule has 0 radical (unpaired) electrons. The summed E-state index contributed by atoms with van der Waals surface area (Å²) in [6.07, 6.45) is 6.95. The summed E-state index contributed by atoms with van der Waals surface area (Å²) in [7, 11) is 0. The van der Waals surface area contributed by atoms with Crippen molar-refractivity contribution in [1.29, 1.82) is 0 Å². The van der Waals surface area contributed by atoms with Crippen LogP contribution in [0.2, 0.25) is 0 Å². The van der Waals surface area contributed by atoms with Gasteiger partial charge in [-0.25, -0.2) is 4.98 Å². The summed E-state index contributed by atoms with van der Waals surface area (Å²) in [6.45, 7) is 1.43. The molecule has 18 heavy (non-hydrogen) atoms. The molecule has 0 spiro atoms. The molecule has 2 aromatic rings. The van der Waals surface area contributed by atoms with Crippen LogP contribution in [0.25, 0.3) is 5.65 Å². The maximum absolute atomic E-state index is 5.76. The molecule has 1 aliphatic rings. The van der Waals surface area contributed by atoms with Crippen molar-refractivity contribution in [2.24, 2.45) is 5.73 Å². The van der Waals surface area contributed by atoms with Gasteiger partial charge in [0.2, 0.25) is 0 Å². The van der Waals surface area contributed by atoms with E-state index < -0.39 is 0 Å². The van der Waals surface area contributed by atoms with Crippen molar-refractivity contribution in [1.82, 2.24) is 9.38 Å². The summed E-state index contributed by atoms with van der Waals surface area (Å²) in [5.74, 6) is 0. The van der Waals surface area contributed by atoms with Gasteiger partial charge < -0.3 is 14.9 Å². The molecule has 3 rings (SSSR count). The standard InChI is InChI=1S/C14H19N3O/c15-9-12-4-3-6-14-16-11(10-17(12)14)8-13-5-1-2-7-18-13/h3-4,6,10,13H,1-2,5,7-9,15H2. The Balaban J connectivity index is 1.84. The zero-order valence-electron chi connectivity index (χ0n) is 10.5. The minimum atomic E-state index is 0.338. The average molecular weight is 245 g/mol. The van der Waals surface area contributed by atoms with Crippen LogP contribution in [0.1, 0.15) is 30.7 Å². The Morgan fingerprint density at radius 3 is 3.11 bits per heavy atom. The van der Waals surface area contributed by atoms with Crippen molar-refractivity contribution in [3.63, 3.8) is 0 Å². The molecule has 1 atom stereocenters. The summed E-state index contributed by atoms with van der Waals surface area (Å²) in [5, 5.41) is 0. The minimum Gasteiger partial charge on any atom is -0.378 e. The maximum Gasteiger partial charge on any atom is 0.137 e.